The van der Waals surface area contributed by atoms with Gasteiger partial charge in [0.05, 0.1) is 10.6 Å². The van der Waals surface area contributed by atoms with Crippen LogP contribution < -0.4 is 9.62 Å². The Morgan fingerprint density at radius 3 is 2.09 bits per heavy atom. The van der Waals surface area contributed by atoms with E-state index in [9.17, 15) is 18.0 Å². The Kier molecular flexibility index (Phi) is 11.8. The van der Waals surface area contributed by atoms with Crippen molar-refractivity contribution in [2.45, 2.75) is 44.7 Å². The topological polar surface area (TPSA) is 86.8 Å². The molecule has 0 fully saturated rings. The standard InChI is InChI=1S/C35H37BrClN3O4S/c1-25(2)22-38-35(42)33(21-27-11-6-4-7-12-27)39(23-28-17-19-29(36)20-18-28)34(41)24-40(32-16-10-15-31(37)26(32)3)45(43,44)30-13-8-5-9-14-30/h4-20,25,33H,21-24H2,1-3H3,(H,38,42)/t33-/m1/s1. The highest BCUT2D eigenvalue weighted by atomic mass is 79.9. The third-order valence-electron chi connectivity index (χ3n) is 7.34. The van der Waals surface area contributed by atoms with Crippen molar-refractivity contribution in [3.05, 3.63) is 129 Å². The molecule has 0 bridgehead atoms. The zero-order chi connectivity index (χ0) is 32.6. The molecule has 0 heterocycles. The highest BCUT2D eigenvalue weighted by Gasteiger charge is 2.35. The fourth-order valence-corrected chi connectivity index (χ4v) is 6.79. The van der Waals surface area contributed by atoms with E-state index in [1.807, 2.05) is 68.4 Å². The molecule has 10 heteroatoms. The average Bonchev–Trinajstić information content (AvgIpc) is 3.03. The third kappa shape index (κ3) is 8.96. The maximum absolute atomic E-state index is 14.5. The molecule has 0 aliphatic carbocycles. The van der Waals surface area contributed by atoms with Crippen molar-refractivity contribution in [2.24, 2.45) is 5.92 Å². The summed E-state index contributed by atoms with van der Waals surface area (Å²) in [5, 5.41) is 3.37. The summed E-state index contributed by atoms with van der Waals surface area (Å²) in [7, 11) is -4.21. The van der Waals surface area contributed by atoms with E-state index in [-0.39, 0.29) is 35.4 Å². The molecule has 0 saturated carbocycles. The summed E-state index contributed by atoms with van der Waals surface area (Å²) in [5.74, 6) is -0.647. The Hall–Kier alpha value is -3.66. The second-order valence-corrected chi connectivity index (χ2v) is 14.4. The fourth-order valence-electron chi connectivity index (χ4n) is 4.86. The van der Waals surface area contributed by atoms with Gasteiger partial charge >= 0.3 is 0 Å². The molecule has 2 amide bonds. The molecule has 0 unspecified atom stereocenters. The van der Waals surface area contributed by atoms with Crippen LogP contribution in [0.2, 0.25) is 5.02 Å². The molecule has 0 spiro atoms. The first-order valence-electron chi connectivity index (χ1n) is 14.7. The summed E-state index contributed by atoms with van der Waals surface area (Å²) in [6.07, 6.45) is 0.245. The predicted octanol–water partition coefficient (Wildman–Crippen LogP) is 7.02. The molecule has 7 nitrogen and oxygen atoms in total. The van der Waals surface area contributed by atoms with E-state index in [0.29, 0.717) is 17.1 Å². The zero-order valence-corrected chi connectivity index (χ0v) is 28.6. The molecule has 0 aliphatic rings. The number of benzene rings is 4. The van der Waals surface area contributed by atoms with Crippen LogP contribution in [-0.2, 0) is 32.6 Å². The molecule has 0 aromatic heterocycles. The Balaban J connectivity index is 1.82. The van der Waals surface area contributed by atoms with Crippen molar-refractivity contribution in [1.29, 1.82) is 0 Å². The van der Waals surface area contributed by atoms with Gasteiger partial charge in [0.25, 0.3) is 10.0 Å². The van der Waals surface area contributed by atoms with Crippen LogP contribution in [0.5, 0.6) is 0 Å². The van der Waals surface area contributed by atoms with Gasteiger partial charge in [-0.2, -0.15) is 0 Å². The summed E-state index contributed by atoms with van der Waals surface area (Å²) in [5.41, 5.74) is 2.46. The largest absolute Gasteiger partial charge is 0.354 e. The van der Waals surface area contributed by atoms with Gasteiger partial charge in [-0.25, -0.2) is 8.42 Å². The molecule has 0 radical (unpaired) electrons. The molecule has 0 saturated heterocycles. The van der Waals surface area contributed by atoms with Crippen LogP contribution in [0.25, 0.3) is 0 Å². The van der Waals surface area contributed by atoms with Gasteiger partial charge in [0.1, 0.15) is 12.6 Å². The molecule has 45 heavy (non-hydrogen) atoms. The molecular formula is C35H37BrClN3O4S. The molecule has 1 atom stereocenters. The quantitative estimate of drug-likeness (QED) is 0.162. The molecule has 4 aromatic carbocycles. The fraction of sp³-hybridized carbons (Fsp3) is 0.257. The van der Waals surface area contributed by atoms with Crippen molar-refractivity contribution < 1.29 is 18.0 Å². The number of hydrogen-bond donors (Lipinski definition) is 1. The summed E-state index contributed by atoms with van der Waals surface area (Å²) in [4.78, 5) is 29.9. The summed E-state index contributed by atoms with van der Waals surface area (Å²) in [6, 6.07) is 29.0. The van der Waals surface area contributed by atoms with Gasteiger partial charge in [-0.1, -0.05) is 108 Å². The maximum atomic E-state index is 14.5. The monoisotopic (exact) mass is 709 g/mol. The molecule has 4 rings (SSSR count). The lowest BCUT2D eigenvalue weighted by molar-refractivity contribution is -0.140. The number of nitrogens with one attached hydrogen (secondary N) is 1. The van der Waals surface area contributed by atoms with Gasteiger partial charge in [-0.15, -0.1) is 0 Å². The second-order valence-electron chi connectivity index (χ2n) is 11.2. The number of amides is 2. The van der Waals surface area contributed by atoms with Crippen molar-refractivity contribution in [3.63, 3.8) is 0 Å². The van der Waals surface area contributed by atoms with E-state index in [0.717, 1.165) is 19.9 Å². The number of halogens is 2. The lowest BCUT2D eigenvalue weighted by atomic mass is 10.0. The van der Waals surface area contributed by atoms with E-state index >= 15 is 0 Å². The normalized spacial score (nSPS) is 12.0. The Morgan fingerprint density at radius 1 is 0.844 bits per heavy atom. The summed E-state index contributed by atoms with van der Waals surface area (Å²) < 4.78 is 30.3. The minimum Gasteiger partial charge on any atom is -0.354 e. The first-order valence-corrected chi connectivity index (χ1v) is 17.3. The van der Waals surface area contributed by atoms with Crippen molar-refractivity contribution in [1.82, 2.24) is 10.2 Å². The Bertz CT molecular complexity index is 1700. The number of carbonyl (C=O) groups excluding carboxylic acids is 2. The molecular weight excluding hydrogens is 674 g/mol. The lowest BCUT2D eigenvalue weighted by Crippen LogP contribution is -2.53. The zero-order valence-electron chi connectivity index (χ0n) is 25.5. The van der Waals surface area contributed by atoms with Gasteiger partial charge in [-0.3, -0.25) is 13.9 Å². The SMILES string of the molecule is Cc1c(Cl)cccc1N(CC(=O)N(Cc1ccc(Br)cc1)[C@H](Cc1ccccc1)C(=O)NCC(C)C)S(=O)(=O)c1ccccc1. The van der Waals surface area contributed by atoms with E-state index in [4.69, 9.17) is 11.6 Å². The Morgan fingerprint density at radius 2 is 1.47 bits per heavy atom. The number of nitrogens with zero attached hydrogens (tertiary/aromatic N) is 2. The highest BCUT2D eigenvalue weighted by molar-refractivity contribution is 9.10. The predicted molar refractivity (Wildman–Crippen MR) is 184 cm³/mol. The van der Waals surface area contributed by atoms with E-state index in [1.165, 1.54) is 17.0 Å². The number of rotatable bonds is 13. The van der Waals surface area contributed by atoms with Crippen molar-refractivity contribution in [3.8, 4) is 0 Å². The summed E-state index contributed by atoms with van der Waals surface area (Å²) >= 11 is 9.90. The van der Waals surface area contributed by atoms with Crippen LogP contribution in [-0.4, -0.2) is 44.3 Å². The first-order chi connectivity index (χ1) is 21.5. The van der Waals surface area contributed by atoms with Crippen LogP contribution in [0.1, 0.15) is 30.5 Å². The highest BCUT2D eigenvalue weighted by Crippen LogP contribution is 2.31. The maximum Gasteiger partial charge on any atom is 0.264 e. The number of hydrogen-bond acceptors (Lipinski definition) is 4. The minimum absolute atomic E-state index is 0.0344. The van der Waals surface area contributed by atoms with Gasteiger partial charge in [0.15, 0.2) is 0 Å². The van der Waals surface area contributed by atoms with Gasteiger partial charge in [-0.05, 0) is 65.9 Å². The number of anilines is 1. The van der Waals surface area contributed by atoms with Crippen molar-refractivity contribution >= 4 is 55.1 Å². The summed E-state index contributed by atoms with van der Waals surface area (Å²) in [6.45, 7) is 5.69. The number of carbonyl (C=O) groups is 2. The van der Waals surface area contributed by atoms with E-state index in [2.05, 4.69) is 21.2 Å². The lowest BCUT2D eigenvalue weighted by Gasteiger charge is -2.34. The van der Waals surface area contributed by atoms with Crippen LogP contribution in [0, 0.1) is 12.8 Å². The van der Waals surface area contributed by atoms with Crippen LogP contribution >= 0.6 is 27.5 Å². The van der Waals surface area contributed by atoms with Gasteiger partial charge in [0.2, 0.25) is 11.8 Å². The average molecular weight is 711 g/mol. The van der Waals surface area contributed by atoms with Crippen LogP contribution in [0.3, 0.4) is 0 Å². The van der Waals surface area contributed by atoms with Crippen LogP contribution in [0.4, 0.5) is 5.69 Å². The molecule has 236 valence electrons. The van der Waals surface area contributed by atoms with Crippen molar-refractivity contribution in [2.75, 3.05) is 17.4 Å². The molecule has 1 N–H and O–H groups in total. The smallest absolute Gasteiger partial charge is 0.264 e. The van der Waals surface area contributed by atoms with E-state index in [1.54, 1.807) is 43.3 Å². The van der Waals surface area contributed by atoms with Gasteiger partial charge in [0, 0.05) is 29.0 Å². The first kappa shape index (κ1) is 34.2. The second kappa shape index (κ2) is 15.6. The van der Waals surface area contributed by atoms with E-state index < -0.39 is 28.5 Å². The molecule has 0 aliphatic heterocycles. The molecule has 4 aromatic rings. The minimum atomic E-state index is -4.21. The van der Waals surface area contributed by atoms with Crippen LogP contribution in [0.15, 0.2) is 112 Å². The third-order valence-corrected chi connectivity index (χ3v) is 10.1. The number of sulfonamides is 1. The Labute approximate surface area is 279 Å². The van der Waals surface area contributed by atoms with Gasteiger partial charge < -0.3 is 10.2 Å².